The minimum Gasteiger partial charge on any atom is -0.461 e. The van der Waals surface area contributed by atoms with Gasteiger partial charge in [-0.2, -0.15) is 0 Å². The number of esters is 1. The van der Waals surface area contributed by atoms with Gasteiger partial charge in [0.25, 0.3) is 0 Å². The number of rotatable bonds is 4. The fourth-order valence-corrected chi connectivity index (χ4v) is 1.39. The second-order valence-electron chi connectivity index (χ2n) is 4.21. The van der Waals surface area contributed by atoms with Gasteiger partial charge < -0.3 is 15.4 Å². The molecule has 0 aliphatic rings. The number of ether oxygens (including phenoxy) is 1. The Morgan fingerprint density at radius 3 is 2.61 bits per heavy atom. The van der Waals surface area contributed by atoms with E-state index < -0.39 is 5.97 Å². The third-order valence-electron chi connectivity index (χ3n) is 2.59. The first-order valence-corrected chi connectivity index (χ1v) is 5.66. The minimum atomic E-state index is -0.497. The molecule has 18 heavy (non-hydrogen) atoms. The summed E-state index contributed by atoms with van der Waals surface area (Å²) in [5, 5.41) is 0. The molecule has 2 N–H and O–H groups in total. The largest absolute Gasteiger partial charge is 0.461 e. The van der Waals surface area contributed by atoms with E-state index in [1.54, 1.807) is 26.2 Å². The van der Waals surface area contributed by atoms with Crippen LogP contribution in [0.4, 0.5) is 5.69 Å². The van der Waals surface area contributed by atoms with Gasteiger partial charge in [-0.05, 0) is 18.6 Å². The van der Waals surface area contributed by atoms with E-state index in [1.807, 2.05) is 13.0 Å². The number of carbonyl (C=O) groups is 2. The van der Waals surface area contributed by atoms with Crippen molar-refractivity contribution in [1.29, 1.82) is 0 Å². The van der Waals surface area contributed by atoms with Crippen LogP contribution in [-0.2, 0) is 9.53 Å². The number of anilines is 1. The van der Waals surface area contributed by atoms with E-state index in [4.69, 9.17) is 10.5 Å². The molecule has 5 heteroatoms. The molecular formula is C13H18N2O3. The van der Waals surface area contributed by atoms with Gasteiger partial charge >= 0.3 is 5.97 Å². The Balaban J connectivity index is 2.56. The highest BCUT2D eigenvalue weighted by molar-refractivity contribution is 5.95. The molecule has 1 rings (SSSR count). The van der Waals surface area contributed by atoms with Crippen molar-refractivity contribution in [1.82, 2.24) is 4.90 Å². The maximum atomic E-state index is 11.7. The number of aryl methyl sites for hydroxylation is 1. The van der Waals surface area contributed by atoms with Crippen molar-refractivity contribution in [3.8, 4) is 0 Å². The zero-order valence-corrected chi connectivity index (χ0v) is 10.9. The summed E-state index contributed by atoms with van der Waals surface area (Å²) in [4.78, 5) is 24.5. The number of para-hydroxylation sites is 1. The van der Waals surface area contributed by atoms with E-state index in [9.17, 15) is 9.59 Å². The van der Waals surface area contributed by atoms with Crippen LogP contribution in [0.25, 0.3) is 0 Å². The first-order valence-electron chi connectivity index (χ1n) is 5.66. The van der Waals surface area contributed by atoms with Gasteiger partial charge in [0.15, 0.2) is 0 Å². The number of nitrogens with zero attached hydrogens (tertiary/aromatic N) is 1. The molecule has 0 spiro atoms. The summed E-state index contributed by atoms with van der Waals surface area (Å²) in [7, 11) is 3.31. The summed E-state index contributed by atoms with van der Waals surface area (Å²) in [6.45, 7) is 1.88. The SMILES string of the molecule is Cc1cccc(C(=O)OCCC(=O)N(C)C)c1N. The van der Waals surface area contributed by atoms with Crippen LogP contribution in [0.1, 0.15) is 22.3 Å². The normalized spacial score (nSPS) is 9.94. The summed E-state index contributed by atoms with van der Waals surface area (Å²) < 4.78 is 5.02. The van der Waals surface area contributed by atoms with E-state index in [2.05, 4.69) is 0 Å². The molecule has 98 valence electrons. The van der Waals surface area contributed by atoms with Crippen LogP contribution in [-0.4, -0.2) is 37.5 Å². The molecule has 0 heterocycles. The smallest absolute Gasteiger partial charge is 0.340 e. The molecule has 0 radical (unpaired) electrons. The third-order valence-corrected chi connectivity index (χ3v) is 2.59. The van der Waals surface area contributed by atoms with Crippen molar-refractivity contribution in [3.05, 3.63) is 29.3 Å². The van der Waals surface area contributed by atoms with Crippen LogP contribution in [0.15, 0.2) is 18.2 Å². The number of hydrogen-bond donors (Lipinski definition) is 1. The van der Waals surface area contributed by atoms with E-state index >= 15 is 0 Å². The van der Waals surface area contributed by atoms with Gasteiger partial charge in [0.1, 0.15) is 6.61 Å². The van der Waals surface area contributed by atoms with Gasteiger partial charge in [0.2, 0.25) is 5.91 Å². The maximum absolute atomic E-state index is 11.7. The Morgan fingerprint density at radius 1 is 1.33 bits per heavy atom. The molecule has 1 aromatic rings. The van der Waals surface area contributed by atoms with Gasteiger partial charge in [-0.15, -0.1) is 0 Å². The summed E-state index contributed by atoms with van der Waals surface area (Å²) in [5.41, 5.74) is 7.37. The first-order chi connectivity index (χ1) is 8.43. The Hall–Kier alpha value is -2.04. The van der Waals surface area contributed by atoms with E-state index in [0.29, 0.717) is 11.3 Å². The number of benzene rings is 1. The van der Waals surface area contributed by atoms with E-state index in [0.717, 1.165) is 5.56 Å². The lowest BCUT2D eigenvalue weighted by Crippen LogP contribution is -2.23. The molecule has 5 nitrogen and oxygen atoms in total. The second-order valence-corrected chi connectivity index (χ2v) is 4.21. The predicted molar refractivity (Wildman–Crippen MR) is 69.2 cm³/mol. The van der Waals surface area contributed by atoms with Crippen molar-refractivity contribution < 1.29 is 14.3 Å². The van der Waals surface area contributed by atoms with E-state index in [-0.39, 0.29) is 18.9 Å². The number of nitrogen functional groups attached to an aromatic ring is 1. The topological polar surface area (TPSA) is 72.6 Å². The van der Waals surface area contributed by atoms with Crippen molar-refractivity contribution >= 4 is 17.6 Å². The van der Waals surface area contributed by atoms with Crippen LogP contribution in [0.2, 0.25) is 0 Å². The molecule has 0 bridgehead atoms. The highest BCUT2D eigenvalue weighted by Gasteiger charge is 2.13. The Kier molecular flexibility index (Phi) is 4.71. The zero-order valence-electron chi connectivity index (χ0n) is 10.9. The maximum Gasteiger partial charge on any atom is 0.340 e. The van der Waals surface area contributed by atoms with Gasteiger partial charge in [-0.25, -0.2) is 4.79 Å². The van der Waals surface area contributed by atoms with Gasteiger partial charge in [0, 0.05) is 19.8 Å². The third kappa shape index (κ3) is 3.48. The lowest BCUT2D eigenvalue weighted by molar-refractivity contribution is -0.129. The summed E-state index contributed by atoms with van der Waals surface area (Å²) >= 11 is 0. The molecule has 1 aromatic carbocycles. The summed E-state index contributed by atoms with van der Waals surface area (Å²) in [6.07, 6.45) is 0.171. The fourth-order valence-electron chi connectivity index (χ4n) is 1.39. The highest BCUT2D eigenvalue weighted by atomic mass is 16.5. The number of hydrogen-bond acceptors (Lipinski definition) is 4. The standard InChI is InChI=1S/C13H18N2O3/c1-9-5-4-6-10(12(9)14)13(17)18-8-7-11(16)15(2)3/h4-6H,7-8,14H2,1-3H3. The number of carbonyl (C=O) groups excluding carboxylic acids is 2. The van der Waals surface area contributed by atoms with Crippen molar-refractivity contribution in [2.45, 2.75) is 13.3 Å². The Labute approximate surface area is 107 Å². The predicted octanol–water partition coefficient (Wildman–Crippen LogP) is 1.21. The lowest BCUT2D eigenvalue weighted by atomic mass is 10.1. The van der Waals surface area contributed by atoms with Crippen molar-refractivity contribution in [2.75, 3.05) is 26.4 Å². The lowest BCUT2D eigenvalue weighted by Gasteiger charge is -2.11. The number of nitrogens with two attached hydrogens (primary N) is 1. The molecule has 0 unspecified atom stereocenters. The monoisotopic (exact) mass is 250 g/mol. The molecular weight excluding hydrogens is 232 g/mol. The van der Waals surface area contributed by atoms with Gasteiger partial charge in [-0.1, -0.05) is 12.1 Å². The molecule has 0 aromatic heterocycles. The molecule has 0 aliphatic carbocycles. The molecule has 0 fully saturated rings. The molecule has 0 saturated heterocycles. The van der Waals surface area contributed by atoms with Crippen LogP contribution >= 0.6 is 0 Å². The van der Waals surface area contributed by atoms with Crippen LogP contribution in [0.5, 0.6) is 0 Å². The zero-order chi connectivity index (χ0) is 13.7. The number of amides is 1. The second kappa shape index (κ2) is 6.05. The van der Waals surface area contributed by atoms with Crippen molar-refractivity contribution in [2.24, 2.45) is 0 Å². The quantitative estimate of drug-likeness (QED) is 0.644. The molecule has 0 aliphatic heterocycles. The van der Waals surface area contributed by atoms with Crippen LogP contribution < -0.4 is 5.73 Å². The van der Waals surface area contributed by atoms with Gasteiger partial charge in [-0.3, -0.25) is 4.79 Å². The Morgan fingerprint density at radius 2 is 2.00 bits per heavy atom. The van der Waals surface area contributed by atoms with Crippen molar-refractivity contribution in [3.63, 3.8) is 0 Å². The first kappa shape index (κ1) is 14.0. The highest BCUT2D eigenvalue weighted by Crippen LogP contribution is 2.17. The minimum absolute atomic E-state index is 0.0588. The molecule has 0 atom stereocenters. The molecule has 1 amide bonds. The average molecular weight is 250 g/mol. The fraction of sp³-hybridized carbons (Fsp3) is 0.385. The van der Waals surface area contributed by atoms with Crippen LogP contribution in [0.3, 0.4) is 0 Å². The Bertz CT molecular complexity index is 456. The summed E-state index contributed by atoms with van der Waals surface area (Å²) in [5.74, 6) is -0.581. The van der Waals surface area contributed by atoms with Crippen LogP contribution in [0, 0.1) is 6.92 Å². The van der Waals surface area contributed by atoms with Gasteiger partial charge in [0.05, 0.1) is 12.0 Å². The molecule has 0 saturated carbocycles. The van der Waals surface area contributed by atoms with E-state index in [1.165, 1.54) is 4.90 Å². The average Bonchev–Trinajstić information content (AvgIpc) is 2.32. The summed E-state index contributed by atoms with van der Waals surface area (Å²) in [6, 6.07) is 5.17.